The van der Waals surface area contributed by atoms with Crippen LogP contribution in [0.5, 0.6) is 5.88 Å². The summed E-state index contributed by atoms with van der Waals surface area (Å²) in [6.45, 7) is 0. The molecule has 0 aliphatic heterocycles. The van der Waals surface area contributed by atoms with Gasteiger partial charge in [0.05, 0.1) is 16.9 Å². The second-order valence-electron chi connectivity index (χ2n) is 2.76. The molecule has 0 amide bonds. The minimum Gasteiger partial charge on any atom is -0.480 e. The predicted octanol–water partition coefficient (Wildman–Crippen LogP) is 2.52. The van der Waals surface area contributed by atoms with Gasteiger partial charge in [-0.25, -0.2) is 18.7 Å². The third-order valence-corrected chi connectivity index (χ3v) is 2.88. The molecule has 3 nitrogen and oxygen atoms in total. The highest BCUT2D eigenvalue weighted by molar-refractivity contribution is 14.1. The Balaban J connectivity index is 2.85. The maximum atomic E-state index is 13.3. The fraction of sp³-hybridized carbons (Fsp3) is 0.111. The maximum absolute atomic E-state index is 13.3. The highest BCUT2D eigenvalue weighted by Crippen LogP contribution is 2.24. The summed E-state index contributed by atoms with van der Waals surface area (Å²) in [6.07, 6.45) is 1.29. The normalized spacial score (nSPS) is 10.7. The van der Waals surface area contributed by atoms with Crippen molar-refractivity contribution in [1.29, 1.82) is 0 Å². The summed E-state index contributed by atoms with van der Waals surface area (Å²) in [4.78, 5) is 7.76. The molecule has 78 valence electrons. The molecule has 2 rings (SSSR count). The van der Waals surface area contributed by atoms with Crippen LogP contribution in [-0.4, -0.2) is 17.1 Å². The summed E-state index contributed by atoms with van der Waals surface area (Å²) < 4.78 is 31.5. The molecule has 6 heteroatoms. The first-order valence-corrected chi connectivity index (χ1v) is 5.05. The summed E-state index contributed by atoms with van der Waals surface area (Å²) in [5, 5.41) is 0. The van der Waals surface area contributed by atoms with Gasteiger partial charge in [0, 0.05) is 6.07 Å². The fourth-order valence-electron chi connectivity index (χ4n) is 1.16. The van der Waals surface area contributed by atoms with Gasteiger partial charge in [-0.3, -0.25) is 0 Å². The molecule has 0 fully saturated rings. The lowest BCUT2D eigenvalue weighted by Crippen LogP contribution is -1.97. The van der Waals surface area contributed by atoms with Crippen molar-refractivity contribution in [3.05, 3.63) is 27.5 Å². The van der Waals surface area contributed by atoms with Crippen LogP contribution in [0.4, 0.5) is 8.78 Å². The number of hydrogen-bond donors (Lipinski definition) is 0. The van der Waals surface area contributed by atoms with Crippen molar-refractivity contribution >= 4 is 33.6 Å². The van der Waals surface area contributed by atoms with E-state index < -0.39 is 11.6 Å². The predicted molar refractivity (Wildman–Crippen MR) is 58.7 cm³/mol. The summed E-state index contributed by atoms with van der Waals surface area (Å²) in [5.41, 5.74) is 0.217. The third-order valence-electron chi connectivity index (χ3n) is 1.86. The van der Waals surface area contributed by atoms with E-state index >= 15 is 0 Å². The van der Waals surface area contributed by atoms with Crippen LogP contribution < -0.4 is 4.74 Å². The number of hydrogen-bond acceptors (Lipinski definition) is 3. The Hall–Kier alpha value is -1.05. The molecule has 0 unspecified atom stereocenters. The summed E-state index contributed by atoms with van der Waals surface area (Å²) in [7, 11) is 1.42. The highest BCUT2D eigenvalue weighted by atomic mass is 127. The molecule has 2 aromatic rings. The molecule has 1 aromatic carbocycles. The molecule has 1 aromatic heterocycles. The Labute approximate surface area is 97.6 Å². The van der Waals surface area contributed by atoms with Gasteiger partial charge in [-0.1, -0.05) is 0 Å². The first kappa shape index (κ1) is 10.5. The number of halogens is 3. The Bertz CT molecular complexity index is 533. The Morgan fingerprint density at radius 1 is 1.27 bits per heavy atom. The van der Waals surface area contributed by atoms with Gasteiger partial charge in [-0.15, -0.1) is 0 Å². The SMILES string of the molecule is COc1cnc2c(F)cc(F)c(I)c2n1. The van der Waals surface area contributed by atoms with Crippen LogP contribution >= 0.6 is 22.6 Å². The molecule has 0 N–H and O–H groups in total. The van der Waals surface area contributed by atoms with Crippen LogP contribution in [0.15, 0.2) is 12.3 Å². The van der Waals surface area contributed by atoms with Gasteiger partial charge in [-0.05, 0) is 22.6 Å². The number of fused-ring (bicyclic) bond motifs is 1. The second kappa shape index (κ2) is 3.84. The Kier molecular flexibility index (Phi) is 2.68. The van der Waals surface area contributed by atoms with Crippen molar-refractivity contribution in [3.8, 4) is 5.88 Å². The van der Waals surface area contributed by atoms with Gasteiger partial charge < -0.3 is 4.74 Å². The number of aromatic nitrogens is 2. The average molecular weight is 322 g/mol. The first-order chi connectivity index (χ1) is 7.13. The van der Waals surface area contributed by atoms with E-state index in [1.165, 1.54) is 13.3 Å². The molecule has 0 radical (unpaired) electrons. The molecule has 0 aliphatic carbocycles. The van der Waals surface area contributed by atoms with Crippen molar-refractivity contribution in [3.63, 3.8) is 0 Å². The molecule has 1 heterocycles. The van der Waals surface area contributed by atoms with E-state index in [2.05, 4.69) is 9.97 Å². The lowest BCUT2D eigenvalue weighted by Gasteiger charge is -2.04. The van der Waals surface area contributed by atoms with E-state index in [9.17, 15) is 8.78 Å². The third kappa shape index (κ3) is 1.73. The van der Waals surface area contributed by atoms with Gasteiger partial charge in [0.25, 0.3) is 0 Å². The van der Waals surface area contributed by atoms with Crippen molar-refractivity contribution < 1.29 is 13.5 Å². The lowest BCUT2D eigenvalue weighted by molar-refractivity contribution is 0.397. The quantitative estimate of drug-likeness (QED) is 0.598. The molecule has 0 bridgehead atoms. The van der Waals surface area contributed by atoms with Crippen LogP contribution in [0.2, 0.25) is 0 Å². The van der Waals surface area contributed by atoms with Gasteiger partial charge in [0.15, 0.2) is 5.82 Å². The highest BCUT2D eigenvalue weighted by Gasteiger charge is 2.13. The van der Waals surface area contributed by atoms with E-state index in [0.29, 0.717) is 0 Å². The molecule has 15 heavy (non-hydrogen) atoms. The summed E-state index contributed by atoms with van der Waals surface area (Å²) >= 11 is 1.75. The van der Waals surface area contributed by atoms with Crippen LogP contribution in [0.25, 0.3) is 11.0 Å². The first-order valence-electron chi connectivity index (χ1n) is 3.97. The largest absolute Gasteiger partial charge is 0.480 e. The van der Waals surface area contributed by atoms with Crippen molar-refractivity contribution in [2.75, 3.05) is 7.11 Å². The zero-order valence-electron chi connectivity index (χ0n) is 7.59. The van der Waals surface area contributed by atoms with Gasteiger partial charge in [0.2, 0.25) is 5.88 Å². The molecular formula is C9H5F2IN2O. The lowest BCUT2D eigenvalue weighted by atomic mass is 10.3. The second-order valence-corrected chi connectivity index (χ2v) is 3.84. The molecule has 0 saturated carbocycles. The van der Waals surface area contributed by atoms with E-state index in [1.807, 2.05) is 0 Å². The molecule has 0 aliphatic rings. The van der Waals surface area contributed by atoms with E-state index in [4.69, 9.17) is 4.74 Å². The Morgan fingerprint density at radius 2 is 2.00 bits per heavy atom. The van der Waals surface area contributed by atoms with E-state index in [1.54, 1.807) is 22.6 Å². The van der Waals surface area contributed by atoms with Gasteiger partial charge >= 0.3 is 0 Å². The number of ether oxygens (including phenoxy) is 1. The fourth-order valence-corrected chi connectivity index (χ4v) is 1.69. The van der Waals surface area contributed by atoms with E-state index in [0.717, 1.165) is 6.07 Å². The maximum Gasteiger partial charge on any atom is 0.232 e. The standard InChI is InChI=1S/C9H5F2IN2O/c1-15-6-3-13-8-5(11)2-4(10)7(12)9(8)14-6/h2-3H,1H3. The van der Waals surface area contributed by atoms with Crippen LogP contribution in [0.3, 0.4) is 0 Å². The van der Waals surface area contributed by atoms with Gasteiger partial charge in [-0.2, -0.15) is 0 Å². The number of rotatable bonds is 1. The van der Waals surface area contributed by atoms with Crippen molar-refractivity contribution in [2.24, 2.45) is 0 Å². The van der Waals surface area contributed by atoms with Crippen LogP contribution in [0.1, 0.15) is 0 Å². The monoisotopic (exact) mass is 322 g/mol. The summed E-state index contributed by atoms with van der Waals surface area (Å²) in [5.74, 6) is -1.15. The smallest absolute Gasteiger partial charge is 0.232 e. The summed E-state index contributed by atoms with van der Waals surface area (Å²) in [6, 6.07) is 0.797. The van der Waals surface area contributed by atoms with Crippen LogP contribution in [0, 0.1) is 15.2 Å². The number of methoxy groups -OCH3 is 1. The van der Waals surface area contributed by atoms with E-state index in [-0.39, 0.29) is 20.5 Å². The van der Waals surface area contributed by atoms with Gasteiger partial charge in [0.1, 0.15) is 16.9 Å². The molecule has 0 spiro atoms. The van der Waals surface area contributed by atoms with Crippen LogP contribution in [-0.2, 0) is 0 Å². The number of benzene rings is 1. The van der Waals surface area contributed by atoms with Crippen molar-refractivity contribution in [2.45, 2.75) is 0 Å². The minimum absolute atomic E-state index is 0.0431. The number of nitrogens with zero attached hydrogens (tertiary/aromatic N) is 2. The average Bonchev–Trinajstić information content (AvgIpc) is 2.25. The molecule has 0 atom stereocenters. The molecule has 0 saturated heterocycles. The zero-order chi connectivity index (χ0) is 11.0. The minimum atomic E-state index is -0.724. The zero-order valence-corrected chi connectivity index (χ0v) is 9.75. The Morgan fingerprint density at radius 3 is 2.67 bits per heavy atom. The topological polar surface area (TPSA) is 35.0 Å². The molecular weight excluding hydrogens is 317 g/mol. The van der Waals surface area contributed by atoms with Crippen molar-refractivity contribution in [1.82, 2.24) is 9.97 Å².